The Kier molecular flexibility index (Phi) is 23.5. The number of hydrogen-bond acceptors (Lipinski definition) is 14. The van der Waals surface area contributed by atoms with Gasteiger partial charge in [0, 0.05) is 115 Å². The summed E-state index contributed by atoms with van der Waals surface area (Å²) in [7, 11) is 1.00. The Hall–Kier alpha value is -4.01. The van der Waals surface area contributed by atoms with Crippen molar-refractivity contribution in [2.24, 2.45) is 11.3 Å². The quantitative estimate of drug-likeness (QED) is 0.0111. The maximum absolute atomic E-state index is 13.5. The van der Waals surface area contributed by atoms with Crippen LogP contribution in [0.4, 0.5) is 24.5 Å². The van der Waals surface area contributed by atoms with Crippen molar-refractivity contribution in [2.45, 2.75) is 98.5 Å². The number of nitrogens with one attached hydrogen (secondary N) is 3. The highest BCUT2D eigenvalue weighted by Crippen LogP contribution is 2.44. The van der Waals surface area contributed by atoms with Gasteiger partial charge in [0.05, 0.1) is 5.69 Å². The highest BCUT2D eigenvalue weighted by Gasteiger charge is 2.39. The van der Waals surface area contributed by atoms with E-state index >= 15 is 0 Å². The van der Waals surface area contributed by atoms with Crippen LogP contribution >= 0.6 is 55.9 Å². The van der Waals surface area contributed by atoms with Crippen LogP contribution in [0.3, 0.4) is 0 Å². The first-order valence-corrected chi connectivity index (χ1v) is 33.4. The number of piperazine rings is 1. The molecule has 13 nitrogen and oxygen atoms in total. The summed E-state index contributed by atoms with van der Waals surface area (Å²) in [5.74, 6) is 0.924. The van der Waals surface area contributed by atoms with Crippen molar-refractivity contribution in [3.8, 4) is 5.75 Å². The molecule has 0 radical (unpaired) electrons. The molecule has 3 unspecified atom stereocenters. The van der Waals surface area contributed by atoms with Crippen LogP contribution in [0.2, 0.25) is 5.02 Å². The molecule has 82 heavy (non-hydrogen) atoms. The predicted octanol–water partition coefficient (Wildman–Crippen LogP) is 12.2. The first kappa shape index (κ1) is 62.5. The lowest BCUT2D eigenvalue weighted by Crippen LogP contribution is -2.49. The van der Waals surface area contributed by atoms with Crippen LogP contribution in [0.25, 0.3) is 5.57 Å². The van der Waals surface area contributed by atoms with Crippen molar-refractivity contribution in [3.63, 3.8) is 0 Å². The van der Waals surface area contributed by atoms with Gasteiger partial charge in [0.2, 0.25) is 12.3 Å². The summed E-state index contributed by atoms with van der Waals surface area (Å²) in [5, 5.41) is 6.57. The summed E-state index contributed by atoms with van der Waals surface area (Å²) in [6.07, 6.45) is 13.1. The fourth-order valence-corrected chi connectivity index (χ4v) is 15.4. The lowest BCUT2D eigenvalue weighted by molar-refractivity contribution is -0.125. The van der Waals surface area contributed by atoms with Crippen molar-refractivity contribution in [1.29, 1.82) is 0 Å². The first-order chi connectivity index (χ1) is 39.7. The number of alkyl halides is 3. The first-order valence-electron chi connectivity index (χ1n) is 29.1. The van der Waals surface area contributed by atoms with E-state index in [0.717, 1.165) is 153 Å². The second kappa shape index (κ2) is 30.9. The van der Waals surface area contributed by atoms with Gasteiger partial charge >= 0.3 is 5.51 Å². The van der Waals surface area contributed by atoms with Gasteiger partial charge in [0.15, 0.2) is 17.8 Å². The lowest BCUT2D eigenvalue weighted by Gasteiger charge is -2.48. The van der Waals surface area contributed by atoms with Crippen LogP contribution in [0.1, 0.15) is 87.1 Å². The number of halogens is 4. The summed E-state index contributed by atoms with van der Waals surface area (Å²) < 4.78 is 47.1. The molecule has 5 aliphatic rings. The topological polar surface area (TPSA) is 122 Å². The molecule has 1 aliphatic carbocycles. The average Bonchev–Trinajstić information content (AvgIpc) is 3.70. The van der Waals surface area contributed by atoms with Crippen molar-refractivity contribution < 1.29 is 36.8 Å². The molecule has 444 valence electrons. The standard InChI is InChI=1S/C61H79ClF3N8O5PS3/c1-45(7-20-58(75)66-44-74)72-29-24-60(25-30-72)22-27-70(28-23-60)41-46-8-18-55(47-9-13-50(62)14-10-47)49(39-46)42-71-31-33-73(34-32-71)52-15-11-48(12-16-52)59(76)68-81-54-17-19-56(57(40-54)77-78-82-61(63,64)65)67-51(21-26-69-35-37-79-38-36-69)43-80-53-5-3-2-4-6-53/h2-6,9-17,19,40,44-46,51,67,79H,7-8,18,20-39,41-43H2,1H3,(H,68,76)(H,66,74,75). The SMILES string of the molecule is CC(CCC(=O)NC=O)N1CCC2(CCN(CC3CCC(c4ccc(Cl)cc4)=C(CN4CCN(c5ccc(C(=O)NSc6ccc(NC(CCN7CCPCC7)CSc7ccccc7)c(OOSC(F)(F)F)c6)cc5)CC4)C3)CC2)CC1. The normalized spacial score (nSPS) is 20.3. The highest BCUT2D eigenvalue weighted by atomic mass is 35.5. The van der Waals surface area contributed by atoms with Crippen LogP contribution in [0.15, 0.2) is 112 Å². The second-order valence-electron chi connectivity index (χ2n) is 22.6. The van der Waals surface area contributed by atoms with E-state index in [1.807, 2.05) is 54.6 Å². The zero-order valence-electron chi connectivity index (χ0n) is 46.9. The lowest BCUT2D eigenvalue weighted by atomic mass is 9.70. The zero-order chi connectivity index (χ0) is 57.3. The molecule has 4 aromatic carbocycles. The number of nitrogens with zero attached hydrogens (tertiary/aromatic N) is 5. The zero-order valence-corrected chi connectivity index (χ0v) is 51.2. The molecule has 21 heteroatoms. The minimum absolute atomic E-state index is 0.0249. The number of benzene rings is 4. The van der Waals surface area contributed by atoms with Crippen molar-refractivity contribution in [3.05, 3.63) is 119 Å². The maximum atomic E-state index is 13.5. The minimum atomic E-state index is -4.66. The fraction of sp³-hybridized carbons (Fsp3) is 0.525. The van der Waals surface area contributed by atoms with Crippen LogP contribution in [-0.2, 0) is 13.9 Å². The monoisotopic (exact) mass is 1220 g/mol. The number of hydrogen-bond donors (Lipinski definition) is 3. The second-order valence-corrected chi connectivity index (χ2v) is 27.3. The van der Waals surface area contributed by atoms with Gasteiger partial charge < -0.3 is 29.8 Å². The average molecular weight is 1220 g/mol. The number of thioether (sulfide) groups is 1. The third-order valence-electron chi connectivity index (χ3n) is 17.2. The molecule has 3 atom stereocenters. The van der Waals surface area contributed by atoms with Gasteiger partial charge in [-0.3, -0.25) is 29.3 Å². The molecule has 0 saturated carbocycles. The fourth-order valence-electron chi connectivity index (χ4n) is 12.3. The number of anilines is 2. The Labute approximate surface area is 502 Å². The van der Waals surface area contributed by atoms with E-state index < -0.39 is 17.6 Å². The number of carbonyl (C=O) groups is 3. The molecule has 9 rings (SSSR count). The Morgan fingerprint density at radius 3 is 2.26 bits per heavy atom. The molecule has 3 amide bonds. The van der Waals surface area contributed by atoms with Crippen molar-refractivity contribution >= 4 is 91.1 Å². The molecule has 1 spiro atoms. The largest absolute Gasteiger partial charge is 0.471 e. The number of amides is 3. The summed E-state index contributed by atoms with van der Waals surface area (Å²) in [5.41, 5.74) is 2.09. The number of piperidine rings is 2. The van der Waals surface area contributed by atoms with Crippen LogP contribution in [0.5, 0.6) is 5.75 Å². The van der Waals surface area contributed by atoms with E-state index in [9.17, 15) is 27.6 Å². The molecule has 4 aliphatic heterocycles. The number of carbonyl (C=O) groups excluding carboxylic acids is 3. The van der Waals surface area contributed by atoms with E-state index in [1.165, 1.54) is 55.6 Å². The molecule has 4 saturated heterocycles. The summed E-state index contributed by atoms with van der Waals surface area (Å²) in [6.45, 7) is 15.4. The molecule has 4 heterocycles. The number of likely N-dealkylation sites (tertiary alicyclic amines) is 2. The Morgan fingerprint density at radius 2 is 1.55 bits per heavy atom. The van der Waals surface area contributed by atoms with Crippen LogP contribution in [-0.4, -0.2) is 159 Å². The van der Waals surface area contributed by atoms with Gasteiger partial charge in [0.1, 0.15) is 0 Å². The third kappa shape index (κ3) is 19.0. The molecule has 4 fully saturated rings. The summed E-state index contributed by atoms with van der Waals surface area (Å²) >= 11 is 8.44. The van der Waals surface area contributed by atoms with E-state index in [0.29, 0.717) is 46.4 Å². The summed E-state index contributed by atoms with van der Waals surface area (Å²) in [4.78, 5) is 55.8. The van der Waals surface area contributed by atoms with Gasteiger partial charge in [-0.15, -0.1) is 24.7 Å². The summed E-state index contributed by atoms with van der Waals surface area (Å²) in [6, 6.07) is 31.6. The van der Waals surface area contributed by atoms with Gasteiger partial charge in [-0.25, -0.2) is 0 Å². The molecular formula is C61H79ClF3N8O5PS3. The molecule has 4 aromatic rings. The van der Waals surface area contributed by atoms with Crippen LogP contribution < -0.4 is 25.1 Å². The smallest absolute Gasteiger partial charge is 0.378 e. The highest BCUT2D eigenvalue weighted by molar-refractivity contribution is 7.99. The van der Waals surface area contributed by atoms with Crippen molar-refractivity contribution in [2.75, 3.05) is 113 Å². The van der Waals surface area contributed by atoms with E-state index in [1.54, 1.807) is 35.5 Å². The molecule has 3 N–H and O–H groups in total. The minimum Gasteiger partial charge on any atom is -0.378 e. The number of rotatable bonds is 25. The number of imide groups is 1. The number of allylic oxidation sites excluding steroid dienone is 1. The molecule has 0 aromatic heterocycles. The van der Waals surface area contributed by atoms with E-state index in [-0.39, 0.29) is 23.6 Å². The Morgan fingerprint density at radius 1 is 0.829 bits per heavy atom. The van der Waals surface area contributed by atoms with Crippen LogP contribution in [0, 0.1) is 11.3 Å². The van der Waals surface area contributed by atoms with Gasteiger partial charge in [0.25, 0.3) is 5.91 Å². The maximum Gasteiger partial charge on any atom is 0.471 e. The Balaban J connectivity index is 0.758. The van der Waals surface area contributed by atoms with Crippen molar-refractivity contribution in [1.82, 2.24) is 29.6 Å². The predicted molar refractivity (Wildman–Crippen MR) is 331 cm³/mol. The van der Waals surface area contributed by atoms with Gasteiger partial charge in [-0.05, 0) is 198 Å². The Bertz CT molecular complexity index is 2710. The van der Waals surface area contributed by atoms with E-state index in [2.05, 4.69) is 75.4 Å². The third-order valence-corrected chi connectivity index (χ3v) is 20.9. The van der Waals surface area contributed by atoms with Gasteiger partial charge in [-0.2, -0.15) is 13.2 Å². The van der Waals surface area contributed by atoms with E-state index in [4.69, 9.17) is 16.5 Å². The molecule has 0 bridgehead atoms. The van der Waals surface area contributed by atoms with Gasteiger partial charge in [-0.1, -0.05) is 47.5 Å². The molecular weight excluding hydrogens is 1140 g/mol.